The van der Waals surface area contributed by atoms with E-state index in [-0.39, 0.29) is 17.3 Å². The molecule has 2 rings (SSSR count). The highest BCUT2D eigenvalue weighted by Gasteiger charge is 2.42. The average molecular weight is 227 g/mol. The van der Waals surface area contributed by atoms with E-state index in [1.54, 1.807) is 0 Å². The van der Waals surface area contributed by atoms with Crippen molar-refractivity contribution in [2.75, 3.05) is 13.1 Å². The van der Waals surface area contributed by atoms with Crippen molar-refractivity contribution >= 4 is 0 Å². The Morgan fingerprint density at radius 3 is 2.06 bits per heavy atom. The molecule has 0 aromatic heterocycles. The van der Waals surface area contributed by atoms with Gasteiger partial charge in [-0.3, -0.25) is 4.90 Å². The van der Waals surface area contributed by atoms with Gasteiger partial charge in [-0.05, 0) is 47.0 Å². The van der Waals surface area contributed by atoms with Crippen LogP contribution in [0.5, 0.6) is 0 Å². The summed E-state index contributed by atoms with van der Waals surface area (Å²) >= 11 is 0. The topological polar surface area (TPSA) is 32.7 Å². The Morgan fingerprint density at radius 2 is 1.62 bits per heavy atom. The summed E-state index contributed by atoms with van der Waals surface area (Å²) in [7, 11) is 0. The van der Waals surface area contributed by atoms with Crippen LogP contribution in [-0.2, 0) is 4.74 Å². The molecule has 2 fully saturated rings. The summed E-state index contributed by atoms with van der Waals surface area (Å²) < 4.78 is 6.06. The zero-order chi connectivity index (χ0) is 12.0. The van der Waals surface area contributed by atoms with E-state index < -0.39 is 0 Å². The molecule has 1 N–H and O–H groups in total. The fraction of sp³-hybridized carbons (Fsp3) is 1.00. The van der Waals surface area contributed by atoms with Crippen molar-refractivity contribution < 1.29 is 9.84 Å². The van der Waals surface area contributed by atoms with Crippen LogP contribution in [0.4, 0.5) is 0 Å². The molecule has 1 saturated heterocycles. The van der Waals surface area contributed by atoms with Crippen molar-refractivity contribution in [2.24, 2.45) is 0 Å². The summed E-state index contributed by atoms with van der Waals surface area (Å²) in [6.45, 7) is 10.4. The normalized spacial score (nSPS) is 38.8. The van der Waals surface area contributed by atoms with Gasteiger partial charge in [-0.15, -0.1) is 0 Å². The van der Waals surface area contributed by atoms with Crippen LogP contribution in [0, 0.1) is 0 Å². The predicted octanol–water partition coefficient (Wildman–Crippen LogP) is 1.79. The monoisotopic (exact) mass is 227 g/mol. The van der Waals surface area contributed by atoms with Crippen molar-refractivity contribution in [3.63, 3.8) is 0 Å². The largest absolute Gasteiger partial charge is 0.391 e. The molecule has 2 atom stereocenters. The molecule has 16 heavy (non-hydrogen) atoms. The lowest BCUT2D eigenvalue weighted by Gasteiger charge is -2.49. The van der Waals surface area contributed by atoms with Gasteiger partial charge in [0.2, 0.25) is 0 Å². The molecule has 2 aliphatic rings. The van der Waals surface area contributed by atoms with Gasteiger partial charge in [-0.1, -0.05) is 0 Å². The van der Waals surface area contributed by atoms with Crippen molar-refractivity contribution in [1.82, 2.24) is 4.90 Å². The second-order valence-electron chi connectivity index (χ2n) is 6.59. The molecule has 0 aromatic rings. The summed E-state index contributed by atoms with van der Waals surface area (Å²) in [6.07, 6.45) is 3.12. The van der Waals surface area contributed by atoms with E-state index in [0.29, 0.717) is 6.04 Å². The first-order valence-electron chi connectivity index (χ1n) is 6.41. The molecule has 3 nitrogen and oxygen atoms in total. The van der Waals surface area contributed by atoms with Gasteiger partial charge in [-0.25, -0.2) is 0 Å². The Morgan fingerprint density at radius 1 is 1.06 bits per heavy atom. The molecule has 1 aliphatic heterocycles. The highest BCUT2D eigenvalue weighted by molar-refractivity contribution is 4.95. The van der Waals surface area contributed by atoms with E-state index >= 15 is 0 Å². The van der Waals surface area contributed by atoms with E-state index in [9.17, 15) is 5.11 Å². The van der Waals surface area contributed by atoms with Gasteiger partial charge in [-0.2, -0.15) is 0 Å². The van der Waals surface area contributed by atoms with Gasteiger partial charge in [0.25, 0.3) is 0 Å². The minimum atomic E-state index is -0.135. The molecule has 3 heteroatoms. The number of morpholine rings is 1. The second-order valence-corrected chi connectivity index (χ2v) is 6.59. The molecular formula is C13H25NO2. The Kier molecular flexibility index (Phi) is 3.06. The minimum Gasteiger partial charge on any atom is -0.391 e. The van der Waals surface area contributed by atoms with Crippen molar-refractivity contribution in [3.8, 4) is 0 Å². The molecular weight excluding hydrogens is 202 g/mol. The van der Waals surface area contributed by atoms with Crippen LogP contribution in [0.15, 0.2) is 0 Å². The summed E-state index contributed by atoms with van der Waals surface area (Å²) in [6, 6.07) is 0.349. The molecule has 0 unspecified atom stereocenters. The van der Waals surface area contributed by atoms with Crippen LogP contribution in [0.1, 0.15) is 47.0 Å². The lowest BCUT2D eigenvalue weighted by molar-refractivity contribution is -0.191. The van der Waals surface area contributed by atoms with Gasteiger partial charge < -0.3 is 9.84 Å². The Bertz CT molecular complexity index is 247. The van der Waals surface area contributed by atoms with Gasteiger partial charge >= 0.3 is 0 Å². The van der Waals surface area contributed by atoms with Crippen molar-refractivity contribution in [2.45, 2.75) is 70.3 Å². The van der Waals surface area contributed by atoms with Crippen LogP contribution in [0.25, 0.3) is 0 Å². The van der Waals surface area contributed by atoms with Gasteiger partial charge in [0, 0.05) is 19.1 Å². The Labute approximate surface area is 98.8 Å². The molecule has 1 saturated carbocycles. The fourth-order valence-electron chi connectivity index (χ4n) is 3.43. The lowest BCUT2D eigenvalue weighted by atomic mass is 9.96. The number of nitrogens with zero attached hydrogens (tertiary/aromatic N) is 1. The Balaban J connectivity index is 2.10. The molecule has 94 valence electrons. The lowest BCUT2D eigenvalue weighted by Crippen LogP contribution is -2.60. The summed E-state index contributed by atoms with van der Waals surface area (Å²) in [5, 5.41) is 10.00. The number of aliphatic hydroxyl groups excluding tert-OH is 1. The van der Waals surface area contributed by atoms with E-state index in [2.05, 4.69) is 32.6 Å². The number of hydrogen-bond donors (Lipinski definition) is 1. The number of aliphatic hydroxyl groups is 1. The molecule has 1 aliphatic carbocycles. The molecule has 0 bridgehead atoms. The van der Waals surface area contributed by atoms with Crippen LogP contribution >= 0.6 is 0 Å². The standard InChI is InChI=1S/C13H25NO2/c1-12(2)8-14(9-13(3,4)16-12)10-6-5-7-11(10)15/h10-11,15H,5-9H2,1-4H3/t10-,11-/m1/s1. The second kappa shape index (κ2) is 3.97. The number of ether oxygens (including phenoxy) is 1. The van der Waals surface area contributed by atoms with Crippen LogP contribution in [0.2, 0.25) is 0 Å². The van der Waals surface area contributed by atoms with Gasteiger partial charge in [0.1, 0.15) is 0 Å². The first-order valence-corrected chi connectivity index (χ1v) is 6.41. The summed E-state index contributed by atoms with van der Waals surface area (Å²) in [5.74, 6) is 0. The number of hydrogen-bond acceptors (Lipinski definition) is 3. The maximum Gasteiger partial charge on any atom is 0.0760 e. The summed E-state index contributed by atoms with van der Waals surface area (Å²) in [5.41, 5.74) is -0.214. The zero-order valence-electron chi connectivity index (χ0n) is 11.0. The fourth-order valence-corrected chi connectivity index (χ4v) is 3.43. The zero-order valence-corrected chi connectivity index (χ0v) is 11.0. The van der Waals surface area contributed by atoms with Crippen molar-refractivity contribution in [1.29, 1.82) is 0 Å². The maximum absolute atomic E-state index is 10.00. The van der Waals surface area contributed by atoms with Crippen LogP contribution in [0.3, 0.4) is 0 Å². The quantitative estimate of drug-likeness (QED) is 0.741. The van der Waals surface area contributed by atoms with E-state index in [1.807, 2.05) is 0 Å². The van der Waals surface area contributed by atoms with E-state index in [1.165, 1.54) is 0 Å². The first kappa shape index (κ1) is 12.3. The van der Waals surface area contributed by atoms with Gasteiger partial charge in [0.05, 0.1) is 17.3 Å². The highest BCUT2D eigenvalue weighted by Crippen LogP contribution is 2.33. The summed E-state index contributed by atoms with van der Waals surface area (Å²) in [4.78, 5) is 2.43. The predicted molar refractivity (Wildman–Crippen MR) is 64.5 cm³/mol. The number of rotatable bonds is 1. The molecule has 0 spiro atoms. The Hall–Kier alpha value is -0.120. The highest BCUT2D eigenvalue weighted by atomic mass is 16.5. The van der Waals surface area contributed by atoms with E-state index in [0.717, 1.165) is 32.4 Å². The average Bonchev–Trinajstić information content (AvgIpc) is 2.45. The molecule has 0 radical (unpaired) electrons. The van der Waals surface area contributed by atoms with E-state index in [4.69, 9.17) is 4.74 Å². The smallest absolute Gasteiger partial charge is 0.0760 e. The maximum atomic E-state index is 10.00. The third kappa shape index (κ3) is 2.58. The van der Waals surface area contributed by atoms with Crippen LogP contribution < -0.4 is 0 Å². The third-order valence-corrected chi connectivity index (χ3v) is 3.63. The SMILES string of the molecule is CC1(C)CN([C@@H]2CCC[C@H]2O)CC(C)(C)O1. The van der Waals surface area contributed by atoms with Crippen LogP contribution in [-0.4, -0.2) is 46.4 Å². The first-order chi connectivity index (χ1) is 7.29. The van der Waals surface area contributed by atoms with Crippen molar-refractivity contribution in [3.05, 3.63) is 0 Å². The van der Waals surface area contributed by atoms with Gasteiger partial charge in [0.15, 0.2) is 0 Å². The molecule has 1 heterocycles. The molecule has 0 amide bonds. The third-order valence-electron chi connectivity index (χ3n) is 3.63. The molecule has 0 aromatic carbocycles. The minimum absolute atomic E-state index is 0.107.